The van der Waals surface area contributed by atoms with Crippen molar-refractivity contribution in [2.24, 2.45) is 0 Å². The molecule has 1 aliphatic rings. The summed E-state index contributed by atoms with van der Waals surface area (Å²) in [4.78, 5) is 36.5. The number of carbonyl (C=O) groups is 3. The van der Waals surface area contributed by atoms with E-state index < -0.39 is 23.7 Å². The fourth-order valence-electron chi connectivity index (χ4n) is 1.75. The minimum absolute atomic E-state index is 0.157. The molecule has 0 N–H and O–H groups in total. The minimum Gasteiger partial charge on any atom is -0.465 e. The van der Waals surface area contributed by atoms with Crippen LogP contribution in [0.2, 0.25) is 10.0 Å². The highest BCUT2D eigenvalue weighted by molar-refractivity contribution is 8.18. The zero-order valence-corrected chi connectivity index (χ0v) is 13.8. The Morgan fingerprint density at radius 3 is 2.55 bits per heavy atom. The van der Waals surface area contributed by atoms with E-state index in [1.807, 2.05) is 0 Å². The Morgan fingerprint density at radius 1 is 1.32 bits per heavy atom. The van der Waals surface area contributed by atoms with Crippen molar-refractivity contribution in [2.75, 3.05) is 13.2 Å². The van der Waals surface area contributed by atoms with Crippen molar-refractivity contribution in [1.29, 1.82) is 0 Å². The molecule has 0 saturated carbocycles. The molecule has 2 rings (SSSR count). The summed E-state index contributed by atoms with van der Waals surface area (Å²) < 4.78 is 4.74. The number of esters is 1. The van der Waals surface area contributed by atoms with E-state index in [9.17, 15) is 14.4 Å². The number of hydrogen-bond acceptors (Lipinski definition) is 5. The van der Waals surface area contributed by atoms with Crippen LogP contribution in [-0.4, -0.2) is 35.2 Å². The normalized spacial score (nSPS) is 16.5. The van der Waals surface area contributed by atoms with Gasteiger partial charge in [0.25, 0.3) is 11.1 Å². The molecule has 22 heavy (non-hydrogen) atoms. The van der Waals surface area contributed by atoms with Gasteiger partial charge in [-0.15, -0.1) is 0 Å². The van der Waals surface area contributed by atoms with Gasteiger partial charge in [-0.25, -0.2) is 0 Å². The Bertz CT molecular complexity index is 655. The van der Waals surface area contributed by atoms with Crippen LogP contribution in [-0.2, 0) is 14.3 Å². The molecule has 0 atom stereocenters. The molecule has 1 aromatic rings. The zero-order chi connectivity index (χ0) is 16.3. The van der Waals surface area contributed by atoms with Gasteiger partial charge >= 0.3 is 5.97 Å². The Hall–Kier alpha value is -1.50. The highest BCUT2D eigenvalue weighted by atomic mass is 35.5. The van der Waals surface area contributed by atoms with E-state index in [0.29, 0.717) is 15.6 Å². The van der Waals surface area contributed by atoms with E-state index in [4.69, 9.17) is 27.9 Å². The van der Waals surface area contributed by atoms with E-state index >= 15 is 0 Å². The van der Waals surface area contributed by atoms with Crippen LogP contribution in [0.1, 0.15) is 12.5 Å². The van der Waals surface area contributed by atoms with Crippen molar-refractivity contribution < 1.29 is 19.1 Å². The van der Waals surface area contributed by atoms with Crippen LogP contribution >= 0.6 is 35.0 Å². The zero-order valence-electron chi connectivity index (χ0n) is 11.5. The molecule has 2 amide bonds. The number of imide groups is 1. The van der Waals surface area contributed by atoms with Gasteiger partial charge in [0.05, 0.1) is 11.5 Å². The van der Waals surface area contributed by atoms with Crippen molar-refractivity contribution in [3.8, 4) is 0 Å². The molecule has 0 unspecified atom stereocenters. The van der Waals surface area contributed by atoms with Gasteiger partial charge in [-0.3, -0.25) is 19.3 Å². The first-order valence-electron chi connectivity index (χ1n) is 6.29. The SMILES string of the molecule is CCOC(=O)CN1C(=O)S/C(=C/c2c(Cl)cccc2Cl)C1=O. The van der Waals surface area contributed by atoms with Gasteiger partial charge in [0.15, 0.2) is 0 Å². The lowest BCUT2D eigenvalue weighted by atomic mass is 10.2. The molecule has 0 aromatic heterocycles. The molecule has 1 heterocycles. The standard InChI is InChI=1S/C14H11Cl2NO4S/c1-2-21-12(18)7-17-13(19)11(22-14(17)20)6-8-9(15)4-3-5-10(8)16/h3-6H,2,7H2,1H3/b11-6+. The van der Waals surface area contributed by atoms with Crippen molar-refractivity contribution in [2.45, 2.75) is 6.92 Å². The van der Waals surface area contributed by atoms with Crippen LogP contribution in [0.3, 0.4) is 0 Å². The second kappa shape index (κ2) is 7.17. The Balaban J connectivity index is 2.24. The third-order valence-electron chi connectivity index (χ3n) is 2.74. The fourth-order valence-corrected chi connectivity index (χ4v) is 3.08. The summed E-state index contributed by atoms with van der Waals surface area (Å²) in [6.07, 6.45) is 1.45. The van der Waals surface area contributed by atoms with E-state index in [1.54, 1.807) is 25.1 Å². The third-order valence-corrected chi connectivity index (χ3v) is 4.31. The summed E-state index contributed by atoms with van der Waals surface area (Å²) in [6.45, 7) is 1.41. The quantitative estimate of drug-likeness (QED) is 0.607. The van der Waals surface area contributed by atoms with Gasteiger partial charge in [-0.1, -0.05) is 29.3 Å². The van der Waals surface area contributed by atoms with Gasteiger partial charge in [0.1, 0.15) is 6.54 Å². The number of benzene rings is 1. The Morgan fingerprint density at radius 2 is 1.95 bits per heavy atom. The van der Waals surface area contributed by atoms with Crippen molar-refractivity contribution in [3.63, 3.8) is 0 Å². The lowest BCUT2D eigenvalue weighted by molar-refractivity contribution is -0.145. The maximum absolute atomic E-state index is 12.2. The summed E-state index contributed by atoms with van der Waals surface area (Å²) >= 11 is 12.8. The van der Waals surface area contributed by atoms with E-state index in [-0.39, 0.29) is 11.5 Å². The number of amides is 2. The van der Waals surface area contributed by atoms with Crippen molar-refractivity contribution >= 4 is 58.2 Å². The number of halogens is 2. The maximum Gasteiger partial charge on any atom is 0.326 e. The average Bonchev–Trinajstić information content (AvgIpc) is 2.71. The molecule has 1 saturated heterocycles. The maximum atomic E-state index is 12.2. The predicted octanol–water partition coefficient (Wildman–Crippen LogP) is 3.59. The summed E-state index contributed by atoms with van der Waals surface area (Å²) in [7, 11) is 0. The third kappa shape index (κ3) is 3.63. The van der Waals surface area contributed by atoms with Gasteiger partial charge in [-0.05, 0) is 36.9 Å². The first-order chi connectivity index (χ1) is 10.4. The first-order valence-corrected chi connectivity index (χ1v) is 7.86. The molecular weight excluding hydrogens is 349 g/mol. The van der Waals surface area contributed by atoms with Crippen LogP contribution < -0.4 is 0 Å². The molecule has 8 heteroatoms. The van der Waals surface area contributed by atoms with Crippen LogP contribution in [0.5, 0.6) is 0 Å². The van der Waals surface area contributed by atoms with Crippen molar-refractivity contribution in [3.05, 3.63) is 38.7 Å². The molecule has 0 spiro atoms. The number of nitrogens with zero attached hydrogens (tertiary/aromatic N) is 1. The molecule has 116 valence electrons. The Labute approximate surface area is 141 Å². The summed E-state index contributed by atoms with van der Waals surface area (Å²) in [6, 6.07) is 4.93. The molecule has 1 aromatic carbocycles. The highest BCUT2D eigenvalue weighted by Gasteiger charge is 2.36. The van der Waals surface area contributed by atoms with Gasteiger partial charge in [0.2, 0.25) is 0 Å². The molecule has 5 nitrogen and oxygen atoms in total. The lowest BCUT2D eigenvalue weighted by Gasteiger charge is -2.10. The van der Waals surface area contributed by atoms with Crippen LogP contribution in [0.25, 0.3) is 6.08 Å². The smallest absolute Gasteiger partial charge is 0.326 e. The van der Waals surface area contributed by atoms with Gasteiger partial charge < -0.3 is 4.74 Å². The van der Waals surface area contributed by atoms with E-state index in [0.717, 1.165) is 16.7 Å². The largest absolute Gasteiger partial charge is 0.465 e. The van der Waals surface area contributed by atoms with Crippen LogP contribution in [0.15, 0.2) is 23.1 Å². The summed E-state index contributed by atoms with van der Waals surface area (Å²) in [5.74, 6) is -1.21. The number of hydrogen-bond donors (Lipinski definition) is 0. The summed E-state index contributed by atoms with van der Waals surface area (Å²) in [5, 5.41) is 0.196. The average molecular weight is 360 g/mol. The fraction of sp³-hybridized carbons (Fsp3) is 0.214. The minimum atomic E-state index is -0.637. The second-order valence-electron chi connectivity index (χ2n) is 4.21. The number of ether oxygens (including phenoxy) is 1. The van der Waals surface area contributed by atoms with E-state index in [2.05, 4.69) is 0 Å². The molecule has 1 fully saturated rings. The molecule has 0 bridgehead atoms. The highest BCUT2D eigenvalue weighted by Crippen LogP contribution is 2.35. The molecule has 0 aliphatic carbocycles. The van der Waals surface area contributed by atoms with Gasteiger partial charge in [-0.2, -0.15) is 0 Å². The van der Waals surface area contributed by atoms with Crippen LogP contribution in [0.4, 0.5) is 4.79 Å². The number of rotatable bonds is 4. The second-order valence-corrected chi connectivity index (χ2v) is 6.02. The van der Waals surface area contributed by atoms with Gasteiger partial charge in [0, 0.05) is 15.6 Å². The number of carbonyl (C=O) groups excluding carboxylic acids is 3. The predicted molar refractivity (Wildman–Crippen MR) is 85.8 cm³/mol. The van der Waals surface area contributed by atoms with Crippen LogP contribution in [0, 0.1) is 0 Å². The summed E-state index contributed by atoms with van der Waals surface area (Å²) in [5.41, 5.74) is 0.451. The van der Waals surface area contributed by atoms with E-state index in [1.165, 1.54) is 6.08 Å². The van der Waals surface area contributed by atoms with Crippen molar-refractivity contribution in [1.82, 2.24) is 4.90 Å². The topological polar surface area (TPSA) is 63.7 Å². The Kier molecular flexibility index (Phi) is 5.50. The first kappa shape index (κ1) is 16.9. The molecule has 1 aliphatic heterocycles. The molecular formula is C14H11Cl2NO4S. The lowest BCUT2D eigenvalue weighted by Crippen LogP contribution is -2.34. The monoisotopic (exact) mass is 359 g/mol. The number of thioether (sulfide) groups is 1. The molecule has 0 radical (unpaired) electrons.